The highest BCUT2D eigenvalue weighted by Gasteiger charge is 2.37. The van der Waals surface area contributed by atoms with Gasteiger partial charge in [-0.3, -0.25) is 0 Å². The van der Waals surface area contributed by atoms with E-state index in [1.165, 1.54) is 88.6 Å². The van der Waals surface area contributed by atoms with E-state index in [0.717, 1.165) is 76.0 Å². The fourth-order valence-electron chi connectivity index (χ4n) is 9.42. The number of ether oxygens (including phenoxy) is 3. The summed E-state index contributed by atoms with van der Waals surface area (Å²) in [7, 11) is 0. The molecule has 0 atom stereocenters. The van der Waals surface area contributed by atoms with Crippen molar-refractivity contribution in [3.63, 3.8) is 0 Å². The Morgan fingerprint density at radius 2 is 0.541 bits per heavy atom. The van der Waals surface area contributed by atoms with Crippen molar-refractivity contribution in [2.24, 2.45) is 16.2 Å². The molecule has 3 aliphatic heterocycles. The van der Waals surface area contributed by atoms with Crippen LogP contribution in [0.15, 0.2) is 146 Å². The number of anilines is 3. The third-order valence-corrected chi connectivity index (χ3v) is 14.8. The maximum Gasteiger partial charge on any atom is 0.0544 e. The summed E-state index contributed by atoms with van der Waals surface area (Å²) >= 11 is 0. The average Bonchev–Trinajstić information content (AvgIpc) is 3.27. The molecule has 4 heteroatoms. The molecular weight excluding hydrogens is 747 g/mol. The maximum absolute atomic E-state index is 5.57. The zero-order chi connectivity index (χ0) is 41.7. The largest absolute Gasteiger partial charge is 0.380 e. The molecule has 6 aromatic carbocycles. The van der Waals surface area contributed by atoms with E-state index < -0.39 is 0 Å². The molecule has 9 rings (SSSR count). The van der Waals surface area contributed by atoms with Crippen molar-refractivity contribution in [3.05, 3.63) is 162 Å². The minimum atomic E-state index is 0.380. The van der Waals surface area contributed by atoms with Gasteiger partial charge in [0.1, 0.15) is 0 Å². The minimum absolute atomic E-state index is 0.380. The van der Waals surface area contributed by atoms with E-state index in [1.54, 1.807) is 0 Å². The van der Waals surface area contributed by atoms with Crippen LogP contribution >= 0.6 is 0 Å². The van der Waals surface area contributed by atoms with Crippen molar-refractivity contribution >= 4 is 17.1 Å². The van der Waals surface area contributed by atoms with Crippen LogP contribution in [-0.2, 0) is 33.5 Å². The summed E-state index contributed by atoms with van der Waals surface area (Å²) in [6, 6.07) is 54.7. The second kappa shape index (κ2) is 18.2. The van der Waals surface area contributed by atoms with Gasteiger partial charge in [0.05, 0.1) is 39.6 Å². The SMILES string of the molecule is CCC1(CCc2ccc(-c3ccc(N(c4ccc(-c5ccc(CCC6(CC)COC6)cc5)cc4)c4ccc(-c5ccc(CCC6(CC)COC6)cc5)cc4)cc3)cc2)COC1. The zero-order valence-electron chi connectivity index (χ0n) is 36.6. The van der Waals surface area contributed by atoms with Gasteiger partial charge in [0.15, 0.2) is 0 Å². The molecule has 3 aliphatic rings. The molecule has 314 valence electrons. The second-order valence-corrected chi connectivity index (χ2v) is 18.6. The van der Waals surface area contributed by atoms with E-state index in [4.69, 9.17) is 14.2 Å². The van der Waals surface area contributed by atoms with E-state index >= 15 is 0 Å². The summed E-state index contributed by atoms with van der Waals surface area (Å²) in [5.41, 5.74) is 16.1. The molecule has 0 unspecified atom stereocenters. The van der Waals surface area contributed by atoms with E-state index in [-0.39, 0.29) is 0 Å². The van der Waals surface area contributed by atoms with Crippen LogP contribution in [0.25, 0.3) is 33.4 Å². The van der Waals surface area contributed by atoms with Crippen molar-refractivity contribution in [1.29, 1.82) is 0 Å². The lowest BCUT2D eigenvalue weighted by Gasteiger charge is -2.41. The van der Waals surface area contributed by atoms with Crippen molar-refractivity contribution in [2.75, 3.05) is 44.5 Å². The maximum atomic E-state index is 5.57. The van der Waals surface area contributed by atoms with E-state index in [0.29, 0.717) is 16.2 Å². The van der Waals surface area contributed by atoms with Crippen LogP contribution in [0.3, 0.4) is 0 Å². The Bertz CT molecular complexity index is 2030. The van der Waals surface area contributed by atoms with Crippen molar-refractivity contribution in [2.45, 2.75) is 78.6 Å². The van der Waals surface area contributed by atoms with Crippen LogP contribution in [0.5, 0.6) is 0 Å². The third kappa shape index (κ3) is 9.14. The Kier molecular flexibility index (Phi) is 12.3. The average molecular weight is 810 g/mol. The standard InChI is InChI=1S/C57H63NO3/c1-4-55(37-59-38-55)34-31-43-7-13-46(14-8-43)49-19-25-52(26-20-49)58(53-27-21-50(22-28-53)47-15-9-44(10-16-47)32-35-56(5-2)39-60-40-56)54-29-23-51(24-30-54)48-17-11-45(12-18-48)33-36-57(6-3)41-61-42-57/h7-30H,4-6,31-42H2,1-3H3. The van der Waals surface area contributed by atoms with Gasteiger partial charge < -0.3 is 19.1 Å². The van der Waals surface area contributed by atoms with Crippen LogP contribution in [0.2, 0.25) is 0 Å². The van der Waals surface area contributed by atoms with Gasteiger partial charge >= 0.3 is 0 Å². The van der Waals surface area contributed by atoms with Gasteiger partial charge in [0.25, 0.3) is 0 Å². The van der Waals surface area contributed by atoms with E-state index in [2.05, 4.69) is 171 Å². The smallest absolute Gasteiger partial charge is 0.0544 e. The second-order valence-electron chi connectivity index (χ2n) is 18.6. The lowest BCUT2D eigenvalue weighted by atomic mass is 9.78. The number of hydrogen-bond acceptors (Lipinski definition) is 4. The molecule has 0 amide bonds. The summed E-state index contributed by atoms with van der Waals surface area (Å²) in [5.74, 6) is 0. The Morgan fingerprint density at radius 1 is 0.328 bits per heavy atom. The normalized spacial score (nSPS) is 17.2. The molecule has 6 aromatic rings. The van der Waals surface area contributed by atoms with Gasteiger partial charge in [-0.05, 0) is 144 Å². The predicted octanol–water partition coefficient (Wildman–Crippen LogP) is 14.2. The summed E-state index contributed by atoms with van der Waals surface area (Å²) < 4.78 is 16.7. The van der Waals surface area contributed by atoms with Crippen LogP contribution in [-0.4, -0.2) is 39.6 Å². The molecule has 3 fully saturated rings. The highest BCUT2D eigenvalue weighted by Crippen LogP contribution is 2.41. The Balaban J connectivity index is 0.932. The molecule has 4 nitrogen and oxygen atoms in total. The first kappa shape index (κ1) is 41.4. The lowest BCUT2D eigenvalue weighted by molar-refractivity contribution is -0.119. The molecule has 0 aliphatic carbocycles. The zero-order valence-corrected chi connectivity index (χ0v) is 36.6. The molecule has 0 radical (unpaired) electrons. The van der Waals surface area contributed by atoms with Crippen molar-refractivity contribution < 1.29 is 14.2 Å². The summed E-state index contributed by atoms with van der Waals surface area (Å²) in [5, 5.41) is 0. The molecule has 3 saturated heterocycles. The van der Waals surface area contributed by atoms with Crippen LogP contribution < -0.4 is 4.90 Å². The fraction of sp³-hybridized carbons (Fsp3) is 0.368. The minimum Gasteiger partial charge on any atom is -0.380 e. The van der Waals surface area contributed by atoms with E-state index in [9.17, 15) is 0 Å². The molecule has 61 heavy (non-hydrogen) atoms. The number of nitrogens with zero attached hydrogens (tertiary/aromatic N) is 1. The van der Waals surface area contributed by atoms with Crippen LogP contribution in [0.4, 0.5) is 17.1 Å². The van der Waals surface area contributed by atoms with Crippen LogP contribution in [0.1, 0.15) is 76.0 Å². The topological polar surface area (TPSA) is 30.9 Å². The van der Waals surface area contributed by atoms with Crippen LogP contribution in [0, 0.1) is 16.2 Å². The molecule has 0 aromatic heterocycles. The van der Waals surface area contributed by atoms with Gasteiger partial charge in [0.2, 0.25) is 0 Å². The number of hydrogen-bond donors (Lipinski definition) is 0. The van der Waals surface area contributed by atoms with Gasteiger partial charge in [-0.1, -0.05) is 130 Å². The van der Waals surface area contributed by atoms with Gasteiger partial charge in [-0.2, -0.15) is 0 Å². The number of rotatable bonds is 18. The van der Waals surface area contributed by atoms with Crippen molar-refractivity contribution in [3.8, 4) is 33.4 Å². The third-order valence-electron chi connectivity index (χ3n) is 14.8. The lowest BCUT2D eigenvalue weighted by Crippen LogP contribution is -2.42. The molecule has 0 saturated carbocycles. The van der Waals surface area contributed by atoms with Crippen molar-refractivity contribution in [1.82, 2.24) is 0 Å². The first-order chi connectivity index (χ1) is 29.9. The molecule has 0 bridgehead atoms. The monoisotopic (exact) mass is 809 g/mol. The molecular formula is C57H63NO3. The fourth-order valence-corrected chi connectivity index (χ4v) is 9.42. The molecule has 0 N–H and O–H groups in total. The summed E-state index contributed by atoms with van der Waals surface area (Å²) in [6.45, 7) is 12.4. The van der Waals surface area contributed by atoms with Gasteiger partial charge in [-0.15, -0.1) is 0 Å². The first-order valence-corrected chi connectivity index (χ1v) is 23.0. The van der Waals surface area contributed by atoms with Gasteiger partial charge in [0, 0.05) is 33.3 Å². The predicted molar refractivity (Wildman–Crippen MR) is 253 cm³/mol. The van der Waals surface area contributed by atoms with E-state index in [1.807, 2.05) is 0 Å². The van der Waals surface area contributed by atoms with Gasteiger partial charge in [-0.25, -0.2) is 0 Å². The number of benzene rings is 6. The Hall–Kier alpha value is -5.00. The first-order valence-electron chi connectivity index (χ1n) is 23.0. The highest BCUT2D eigenvalue weighted by molar-refractivity contribution is 5.81. The summed E-state index contributed by atoms with van der Waals surface area (Å²) in [6.07, 6.45) is 10.5. The Morgan fingerprint density at radius 3 is 0.721 bits per heavy atom. The highest BCUT2D eigenvalue weighted by atomic mass is 16.5. The number of aryl methyl sites for hydroxylation is 3. The summed E-state index contributed by atoms with van der Waals surface area (Å²) in [4.78, 5) is 2.38. The quantitative estimate of drug-likeness (QED) is 0.0865. The molecule has 0 spiro atoms. The Labute approximate surface area is 364 Å². The molecule has 3 heterocycles.